The lowest BCUT2D eigenvalue weighted by Crippen LogP contribution is -2.33. The highest BCUT2D eigenvalue weighted by Gasteiger charge is 2.17. The second-order valence-corrected chi connectivity index (χ2v) is 4.60. The molecule has 0 spiro atoms. The highest BCUT2D eigenvalue weighted by Crippen LogP contribution is 2.13. The Labute approximate surface area is 111 Å². The van der Waals surface area contributed by atoms with Gasteiger partial charge in [-0.3, -0.25) is 9.89 Å². The zero-order chi connectivity index (χ0) is 13.8. The number of aromatic amines is 1. The maximum atomic E-state index is 12.0. The van der Waals surface area contributed by atoms with E-state index in [1.807, 2.05) is 19.1 Å². The smallest absolute Gasteiger partial charge is 0.274 e. The fourth-order valence-corrected chi connectivity index (χ4v) is 1.79. The molecule has 2 aromatic rings. The van der Waals surface area contributed by atoms with Crippen LogP contribution in [0.3, 0.4) is 0 Å². The predicted molar refractivity (Wildman–Crippen MR) is 71.7 cm³/mol. The number of aromatic nitrogens is 2. The molecule has 0 aliphatic rings. The van der Waals surface area contributed by atoms with Crippen molar-refractivity contribution in [1.29, 1.82) is 0 Å². The maximum Gasteiger partial charge on any atom is 0.274 e. The van der Waals surface area contributed by atoms with Gasteiger partial charge >= 0.3 is 0 Å². The maximum absolute atomic E-state index is 12.0. The lowest BCUT2D eigenvalue weighted by molar-refractivity contribution is 0.0934. The van der Waals surface area contributed by atoms with E-state index >= 15 is 0 Å². The first-order chi connectivity index (χ1) is 9.08. The molecule has 6 nitrogen and oxygen atoms in total. The zero-order valence-electron chi connectivity index (χ0n) is 11.1. The topological polar surface area (TPSA) is 96.9 Å². The number of H-pyrrole nitrogens is 1. The molecule has 0 aliphatic heterocycles. The summed E-state index contributed by atoms with van der Waals surface area (Å²) in [6, 6.07) is 3.80. The van der Waals surface area contributed by atoms with Gasteiger partial charge < -0.3 is 15.5 Å². The first-order valence-electron chi connectivity index (χ1n) is 6.21. The molecule has 0 radical (unpaired) electrons. The molecule has 2 heterocycles. The molecule has 19 heavy (non-hydrogen) atoms. The van der Waals surface area contributed by atoms with E-state index in [1.54, 1.807) is 13.2 Å². The summed E-state index contributed by atoms with van der Waals surface area (Å²) in [6.45, 7) is 3.72. The summed E-state index contributed by atoms with van der Waals surface area (Å²) >= 11 is 0. The van der Waals surface area contributed by atoms with E-state index in [0.29, 0.717) is 11.4 Å². The summed E-state index contributed by atoms with van der Waals surface area (Å²) in [5, 5.41) is 9.46. The Morgan fingerprint density at radius 1 is 1.63 bits per heavy atom. The number of amides is 1. The first kappa shape index (κ1) is 13.2. The fourth-order valence-electron chi connectivity index (χ4n) is 1.79. The van der Waals surface area contributed by atoms with Gasteiger partial charge in [0.1, 0.15) is 5.76 Å². The summed E-state index contributed by atoms with van der Waals surface area (Å²) in [5.41, 5.74) is 7.11. The van der Waals surface area contributed by atoms with Crippen molar-refractivity contribution in [2.45, 2.75) is 32.7 Å². The molecule has 1 unspecified atom stereocenters. The van der Waals surface area contributed by atoms with E-state index in [2.05, 4.69) is 15.5 Å². The minimum atomic E-state index is -0.256. The third kappa shape index (κ3) is 3.15. The minimum Gasteiger partial charge on any atom is -0.469 e. The van der Waals surface area contributed by atoms with E-state index < -0.39 is 0 Å². The van der Waals surface area contributed by atoms with Crippen LogP contribution in [0.15, 0.2) is 22.8 Å². The summed E-state index contributed by atoms with van der Waals surface area (Å²) in [4.78, 5) is 12.0. The Morgan fingerprint density at radius 2 is 2.42 bits per heavy atom. The van der Waals surface area contributed by atoms with Crippen molar-refractivity contribution < 1.29 is 9.21 Å². The van der Waals surface area contributed by atoms with Gasteiger partial charge in [0.2, 0.25) is 0 Å². The Bertz CT molecular complexity index is 545. The van der Waals surface area contributed by atoms with Crippen LogP contribution in [-0.2, 0) is 6.42 Å². The molecule has 0 saturated carbocycles. The van der Waals surface area contributed by atoms with Gasteiger partial charge in [0.15, 0.2) is 5.69 Å². The van der Waals surface area contributed by atoms with E-state index in [9.17, 15) is 4.79 Å². The molecule has 0 aromatic carbocycles. The van der Waals surface area contributed by atoms with Crippen molar-refractivity contribution in [2.75, 3.05) is 5.73 Å². The number of rotatable bonds is 5. The Morgan fingerprint density at radius 3 is 3.00 bits per heavy atom. The average Bonchev–Trinajstić information content (AvgIpc) is 2.98. The summed E-state index contributed by atoms with van der Waals surface area (Å²) < 4.78 is 5.25. The molecule has 1 amide bonds. The molecule has 4 N–H and O–H groups in total. The number of furan rings is 1. The monoisotopic (exact) mass is 262 g/mol. The number of nitrogen functional groups attached to an aromatic ring is 1. The van der Waals surface area contributed by atoms with E-state index in [-0.39, 0.29) is 17.6 Å². The predicted octanol–water partition coefficient (Wildman–Crippen LogP) is 1.64. The van der Waals surface area contributed by atoms with Crippen LogP contribution in [0.25, 0.3) is 0 Å². The Kier molecular flexibility index (Phi) is 3.89. The van der Waals surface area contributed by atoms with Crippen LogP contribution in [0.4, 0.5) is 5.69 Å². The highest BCUT2D eigenvalue weighted by atomic mass is 16.3. The molecule has 1 atom stereocenters. The summed E-state index contributed by atoms with van der Waals surface area (Å²) in [5.74, 6) is 0.657. The molecule has 0 aliphatic carbocycles. The molecule has 102 valence electrons. The number of carbonyl (C=O) groups is 1. The molecule has 0 saturated heterocycles. The van der Waals surface area contributed by atoms with Crippen molar-refractivity contribution in [3.05, 3.63) is 35.5 Å². The SMILES string of the molecule is Cc1[nH]nc(C(=O)NC(C)CCc2ccco2)c1N. The summed E-state index contributed by atoms with van der Waals surface area (Å²) in [7, 11) is 0. The van der Waals surface area contributed by atoms with Gasteiger partial charge in [-0.2, -0.15) is 5.10 Å². The van der Waals surface area contributed by atoms with Gasteiger partial charge in [-0.15, -0.1) is 0 Å². The minimum absolute atomic E-state index is 0.0222. The zero-order valence-corrected chi connectivity index (χ0v) is 11.1. The molecule has 2 rings (SSSR count). The van der Waals surface area contributed by atoms with Crippen molar-refractivity contribution in [2.24, 2.45) is 0 Å². The average molecular weight is 262 g/mol. The highest BCUT2D eigenvalue weighted by molar-refractivity contribution is 5.97. The standard InChI is InChI=1S/C13H18N4O2/c1-8(5-6-10-4-3-7-19-10)15-13(18)12-11(14)9(2)16-17-12/h3-4,7-8H,5-6,14H2,1-2H3,(H,15,18)(H,16,17). The summed E-state index contributed by atoms with van der Waals surface area (Å²) in [6.07, 6.45) is 3.22. The van der Waals surface area contributed by atoms with Crippen LogP contribution in [0.2, 0.25) is 0 Å². The van der Waals surface area contributed by atoms with Crippen molar-refractivity contribution >= 4 is 11.6 Å². The van der Waals surface area contributed by atoms with Crippen molar-refractivity contribution in [3.8, 4) is 0 Å². The van der Waals surface area contributed by atoms with Gasteiger partial charge in [0.05, 0.1) is 17.6 Å². The third-order valence-electron chi connectivity index (χ3n) is 2.99. The second-order valence-electron chi connectivity index (χ2n) is 4.60. The molecule has 0 fully saturated rings. The van der Waals surface area contributed by atoms with Gasteiger partial charge in [0, 0.05) is 12.5 Å². The van der Waals surface area contributed by atoms with Crippen LogP contribution in [0, 0.1) is 6.92 Å². The van der Waals surface area contributed by atoms with Crippen molar-refractivity contribution in [3.63, 3.8) is 0 Å². The normalized spacial score (nSPS) is 12.3. The van der Waals surface area contributed by atoms with Crippen molar-refractivity contribution in [1.82, 2.24) is 15.5 Å². The largest absolute Gasteiger partial charge is 0.469 e. The lowest BCUT2D eigenvalue weighted by atomic mass is 10.1. The number of aryl methyl sites for hydroxylation is 2. The van der Waals surface area contributed by atoms with Gasteiger partial charge in [-0.25, -0.2) is 0 Å². The van der Waals surface area contributed by atoms with E-state index in [4.69, 9.17) is 10.2 Å². The second kappa shape index (κ2) is 5.60. The number of nitrogens with one attached hydrogen (secondary N) is 2. The number of hydrogen-bond donors (Lipinski definition) is 3. The Balaban J connectivity index is 1.86. The van der Waals surface area contributed by atoms with E-state index in [1.165, 1.54) is 0 Å². The van der Waals surface area contributed by atoms with Crippen LogP contribution >= 0.6 is 0 Å². The molecule has 2 aromatic heterocycles. The fraction of sp³-hybridized carbons (Fsp3) is 0.385. The Hall–Kier alpha value is -2.24. The molecule has 6 heteroatoms. The van der Waals surface area contributed by atoms with Crippen LogP contribution in [-0.4, -0.2) is 22.1 Å². The number of nitrogens with two attached hydrogens (primary N) is 1. The number of carbonyl (C=O) groups excluding carboxylic acids is 1. The number of anilines is 1. The van der Waals surface area contributed by atoms with Gasteiger partial charge in [-0.1, -0.05) is 0 Å². The van der Waals surface area contributed by atoms with Crippen LogP contribution in [0.1, 0.15) is 35.3 Å². The van der Waals surface area contributed by atoms with E-state index in [0.717, 1.165) is 18.6 Å². The quantitative estimate of drug-likeness (QED) is 0.763. The molecule has 0 bridgehead atoms. The van der Waals surface area contributed by atoms with Gasteiger partial charge in [-0.05, 0) is 32.4 Å². The van der Waals surface area contributed by atoms with Crippen LogP contribution < -0.4 is 11.1 Å². The first-order valence-corrected chi connectivity index (χ1v) is 6.21. The van der Waals surface area contributed by atoms with Gasteiger partial charge in [0.25, 0.3) is 5.91 Å². The molecular formula is C13H18N4O2. The van der Waals surface area contributed by atoms with Crippen LogP contribution in [0.5, 0.6) is 0 Å². The number of hydrogen-bond acceptors (Lipinski definition) is 4. The number of nitrogens with zero attached hydrogens (tertiary/aromatic N) is 1. The lowest BCUT2D eigenvalue weighted by Gasteiger charge is -2.12. The molecular weight excluding hydrogens is 244 g/mol. The third-order valence-corrected chi connectivity index (χ3v) is 2.99.